The van der Waals surface area contributed by atoms with E-state index in [1.807, 2.05) is 0 Å². The summed E-state index contributed by atoms with van der Waals surface area (Å²) < 4.78 is 41.4. The second kappa shape index (κ2) is 9.85. The van der Waals surface area contributed by atoms with Crippen LogP contribution in [0, 0.1) is 5.82 Å². The molecule has 2 aromatic carbocycles. The van der Waals surface area contributed by atoms with E-state index in [1.165, 1.54) is 18.5 Å². The zero-order chi connectivity index (χ0) is 20.6. The minimum absolute atomic E-state index is 0.00136. The molecule has 0 spiro atoms. The molecule has 0 bridgehead atoms. The number of nitrogens with zero attached hydrogens (tertiary/aromatic N) is 2. The quantitative estimate of drug-likeness (QED) is 0.407. The summed E-state index contributed by atoms with van der Waals surface area (Å²) in [6, 6.07) is 7.57. The van der Waals surface area contributed by atoms with Crippen LogP contribution in [-0.4, -0.2) is 50.6 Å². The van der Waals surface area contributed by atoms with Crippen molar-refractivity contribution >= 4 is 16.6 Å². The number of hydrogen-bond acceptors (Lipinski definition) is 8. The van der Waals surface area contributed by atoms with Gasteiger partial charge < -0.3 is 29.4 Å². The van der Waals surface area contributed by atoms with Crippen LogP contribution in [0.25, 0.3) is 10.9 Å². The van der Waals surface area contributed by atoms with E-state index in [1.54, 1.807) is 32.4 Å². The Balaban J connectivity index is 1.97. The summed E-state index contributed by atoms with van der Waals surface area (Å²) in [6.45, 7) is 1.48. The zero-order valence-electron chi connectivity index (χ0n) is 16.2. The number of ether oxygens (including phenoxy) is 5. The molecule has 2 N–H and O–H groups in total. The highest BCUT2D eigenvalue weighted by molar-refractivity contribution is 5.87. The Morgan fingerprint density at radius 3 is 2.21 bits per heavy atom. The first kappa shape index (κ1) is 20.6. The average molecular weight is 403 g/mol. The van der Waals surface area contributed by atoms with Crippen molar-refractivity contribution in [3.05, 3.63) is 42.5 Å². The van der Waals surface area contributed by atoms with Gasteiger partial charge in [0.1, 0.15) is 19.5 Å². The maximum absolute atomic E-state index is 14.1. The molecule has 154 valence electrons. The fraction of sp³-hybridized carbons (Fsp3) is 0.300. The number of anilines is 1. The van der Waals surface area contributed by atoms with Crippen LogP contribution in [0.4, 0.5) is 10.1 Å². The van der Waals surface area contributed by atoms with Gasteiger partial charge in [-0.2, -0.15) is 0 Å². The summed E-state index contributed by atoms with van der Waals surface area (Å²) in [6.07, 6.45) is 1.33. The lowest BCUT2D eigenvalue weighted by Gasteiger charge is -2.15. The highest BCUT2D eigenvalue weighted by Gasteiger charge is 2.15. The maximum atomic E-state index is 14.1. The van der Waals surface area contributed by atoms with Gasteiger partial charge in [-0.05, 0) is 18.2 Å². The molecule has 0 aliphatic heterocycles. The number of nitrogen functional groups attached to an aromatic ring is 1. The van der Waals surface area contributed by atoms with Crippen molar-refractivity contribution in [2.45, 2.75) is 0 Å². The third-order valence-electron chi connectivity index (χ3n) is 3.92. The highest BCUT2D eigenvalue weighted by atomic mass is 19.1. The summed E-state index contributed by atoms with van der Waals surface area (Å²) in [5.74, 6) is 0.546. The summed E-state index contributed by atoms with van der Waals surface area (Å²) >= 11 is 0. The Kier molecular flexibility index (Phi) is 6.99. The maximum Gasteiger partial charge on any atom is 0.230 e. The zero-order valence-corrected chi connectivity index (χ0v) is 16.2. The Hall–Kier alpha value is -3.17. The van der Waals surface area contributed by atoms with E-state index in [-0.39, 0.29) is 11.6 Å². The lowest BCUT2D eigenvalue weighted by Crippen LogP contribution is -2.09. The lowest BCUT2D eigenvalue weighted by atomic mass is 10.2. The number of aromatic nitrogens is 2. The lowest BCUT2D eigenvalue weighted by molar-refractivity contribution is 0.132. The second-order valence-electron chi connectivity index (χ2n) is 5.97. The fourth-order valence-electron chi connectivity index (χ4n) is 2.52. The van der Waals surface area contributed by atoms with E-state index in [0.717, 1.165) is 0 Å². The standard InChI is InChI=1S/C20H22FN3O5/c1-25-5-7-27-18-10-14-16(11-19(18)28-8-6-26-2)23-12-24-20(14)29-17-4-3-13(22)9-15(17)21/h3-4,9-12H,5-8,22H2,1-2H3. The molecule has 0 aliphatic rings. The minimum atomic E-state index is -0.590. The third kappa shape index (κ3) is 5.21. The summed E-state index contributed by atoms with van der Waals surface area (Å²) in [5.41, 5.74) is 6.44. The molecule has 0 atom stereocenters. The summed E-state index contributed by atoms with van der Waals surface area (Å²) in [4.78, 5) is 8.39. The van der Waals surface area contributed by atoms with Crippen molar-refractivity contribution < 1.29 is 28.1 Å². The molecule has 8 nitrogen and oxygen atoms in total. The Labute approximate surface area is 167 Å². The van der Waals surface area contributed by atoms with Gasteiger partial charge in [0.2, 0.25) is 5.88 Å². The van der Waals surface area contributed by atoms with Crippen molar-refractivity contribution in [2.75, 3.05) is 46.4 Å². The third-order valence-corrected chi connectivity index (χ3v) is 3.92. The minimum Gasteiger partial charge on any atom is -0.487 e. The molecule has 0 saturated carbocycles. The van der Waals surface area contributed by atoms with Gasteiger partial charge >= 0.3 is 0 Å². The van der Waals surface area contributed by atoms with E-state index >= 15 is 0 Å². The van der Waals surface area contributed by atoms with Crippen LogP contribution in [0.3, 0.4) is 0 Å². The number of methoxy groups -OCH3 is 2. The topological polar surface area (TPSA) is 98.0 Å². The van der Waals surface area contributed by atoms with E-state index < -0.39 is 5.82 Å². The Morgan fingerprint density at radius 2 is 1.55 bits per heavy atom. The van der Waals surface area contributed by atoms with Crippen molar-refractivity contribution in [1.29, 1.82) is 0 Å². The van der Waals surface area contributed by atoms with Crippen molar-refractivity contribution in [1.82, 2.24) is 9.97 Å². The monoisotopic (exact) mass is 403 g/mol. The molecule has 1 aromatic heterocycles. The molecule has 0 fully saturated rings. The van der Waals surface area contributed by atoms with E-state index in [0.29, 0.717) is 54.5 Å². The van der Waals surface area contributed by atoms with Crippen LogP contribution in [-0.2, 0) is 9.47 Å². The molecular formula is C20H22FN3O5. The van der Waals surface area contributed by atoms with Crippen molar-refractivity contribution in [3.8, 4) is 23.1 Å². The second-order valence-corrected chi connectivity index (χ2v) is 5.97. The molecule has 3 rings (SSSR count). The first-order valence-corrected chi connectivity index (χ1v) is 8.87. The van der Waals surface area contributed by atoms with Crippen molar-refractivity contribution in [2.24, 2.45) is 0 Å². The predicted octanol–water partition coefficient (Wildman–Crippen LogP) is 3.19. The molecule has 0 aliphatic carbocycles. The first-order valence-electron chi connectivity index (χ1n) is 8.87. The van der Waals surface area contributed by atoms with Gasteiger partial charge in [0, 0.05) is 32.0 Å². The van der Waals surface area contributed by atoms with Crippen LogP contribution in [0.2, 0.25) is 0 Å². The van der Waals surface area contributed by atoms with E-state index in [2.05, 4.69) is 9.97 Å². The number of fused-ring (bicyclic) bond motifs is 1. The number of hydrogen-bond donors (Lipinski definition) is 1. The highest BCUT2D eigenvalue weighted by Crippen LogP contribution is 2.36. The van der Waals surface area contributed by atoms with Gasteiger partial charge in [0.05, 0.1) is 24.1 Å². The summed E-state index contributed by atoms with van der Waals surface area (Å²) in [5, 5.41) is 0.537. The SMILES string of the molecule is COCCOc1cc2ncnc(Oc3ccc(N)cc3F)c2cc1OCCOC. The van der Waals surface area contributed by atoms with Gasteiger partial charge in [0.15, 0.2) is 23.1 Å². The van der Waals surface area contributed by atoms with Gasteiger partial charge in [0.25, 0.3) is 0 Å². The summed E-state index contributed by atoms with van der Waals surface area (Å²) in [7, 11) is 3.17. The van der Waals surface area contributed by atoms with Crippen LogP contribution >= 0.6 is 0 Å². The molecule has 0 radical (unpaired) electrons. The average Bonchev–Trinajstić information content (AvgIpc) is 2.71. The van der Waals surface area contributed by atoms with Gasteiger partial charge in [-0.3, -0.25) is 0 Å². The van der Waals surface area contributed by atoms with Crippen LogP contribution in [0.5, 0.6) is 23.1 Å². The van der Waals surface area contributed by atoms with Gasteiger partial charge in [-0.15, -0.1) is 0 Å². The van der Waals surface area contributed by atoms with Gasteiger partial charge in [-0.25, -0.2) is 14.4 Å². The van der Waals surface area contributed by atoms with Crippen LogP contribution in [0.15, 0.2) is 36.7 Å². The van der Waals surface area contributed by atoms with E-state index in [4.69, 9.17) is 29.4 Å². The van der Waals surface area contributed by atoms with E-state index in [9.17, 15) is 4.39 Å². The van der Waals surface area contributed by atoms with Crippen LogP contribution in [0.1, 0.15) is 0 Å². The molecule has 3 aromatic rings. The molecule has 29 heavy (non-hydrogen) atoms. The van der Waals surface area contributed by atoms with Crippen LogP contribution < -0.4 is 19.9 Å². The number of benzene rings is 2. The largest absolute Gasteiger partial charge is 0.487 e. The first-order chi connectivity index (χ1) is 14.1. The molecule has 0 amide bonds. The molecule has 1 heterocycles. The normalized spacial score (nSPS) is 10.9. The smallest absolute Gasteiger partial charge is 0.230 e. The number of halogens is 1. The van der Waals surface area contributed by atoms with Gasteiger partial charge in [-0.1, -0.05) is 0 Å². The number of rotatable bonds is 10. The Morgan fingerprint density at radius 1 is 0.862 bits per heavy atom. The fourth-order valence-corrected chi connectivity index (χ4v) is 2.52. The molecule has 9 heteroatoms. The molecule has 0 unspecified atom stereocenters. The molecule has 0 saturated heterocycles. The number of nitrogens with two attached hydrogens (primary N) is 1. The van der Waals surface area contributed by atoms with Crippen molar-refractivity contribution in [3.63, 3.8) is 0 Å². The Bertz CT molecular complexity index is 970. The predicted molar refractivity (Wildman–Crippen MR) is 105 cm³/mol. The molecular weight excluding hydrogens is 381 g/mol.